The quantitative estimate of drug-likeness (QED) is 0.915. The van der Waals surface area contributed by atoms with Gasteiger partial charge in [-0.15, -0.1) is 0 Å². The van der Waals surface area contributed by atoms with Crippen molar-refractivity contribution in [3.63, 3.8) is 0 Å². The van der Waals surface area contributed by atoms with E-state index in [0.29, 0.717) is 13.0 Å². The summed E-state index contributed by atoms with van der Waals surface area (Å²) in [5.41, 5.74) is 8.95. The lowest BCUT2D eigenvalue weighted by atomic mass is 10.0. The molecule has 0 spiro atoms. The van der Waals surface area contributed by atoms with Gasteiger partial charge in [0.15, 0.2) is 0 Å². The average Bonchev–Trinajstić information content (AvgIpc) is 2.54. The first-order valence-electron chi connectivity index (χ1n) is 7.24. The molecule has 1 unspecified atom stereocenters. The summed E-state index contributed by atoms with van der Waals surface area (Å²) in [6.07, 6.45) is 0.392. The molecule has 110 valence electrons. The van der Waals surface area contributed by atoms with E-state index in [-0.39, 0.29) is 11.9 Å². The first-order chi connectivity index (χ1) is 10.1. The molecule has 0 fully saturated rings. The third-order valence-electron chi connectivity index (χ3n) is 3.83. The molecule has 0 saturated carbocycles. The average molecular weight is 282 g/mol. The molecule has 2 rings (SSSR count). The molecule has 0 aliphatic rings. The Kier molecular flexibility index (Phi) is 5.12. The van der Waals surface area contributed by atoms with Crippen LogP contribution in [0.3, 0.4) is 0 Å². The van der Waals surface area contributed by atoms with Gasteiger partial charge >= 0.3 is 0 Å². The van der Waals surface area contributed by atoms with E-state index in [1.165, 1.54) is 11.1 Å². The minimum absolute atomic E-state index is 0.0499. The van der Waals surface area contributed by atoms with Gasteiger partial charge in [0.1, 0.15) is 0 Å². The van der Waals surface area contributed by atoms with Crippen LogP contribution in [0.25, 0.3) is 11.1 Å². The van der Waals surface area contributed by atoms with Crippen molar-refractivity contribution >= 4 is 5.91 Å². The zero-order valence-electron chi connectivity index (χ0n) is 12.6. The second kappa shape index (κ2) is 7.04. The van der Waals surface area contributed by atoms with Gasteiger partial charge in [0.2, 0.25) is 5.91 Å². The third-order valence-corrected chi connectivity index (χ3v) is 3.83. The highest BCUT2D eigenvalue weighted by atomic mass is 16.2. The molecule has 0 radical (unpaired) electrons. The van der Waals surface area contributed by atoms with E-state index < -0.39 is 0 Å². The van der Waals surface area contributed by atoms with Crippen LogP contribution in [0.5, 0.6) is 0 Å². The minimum atomic E-state index is 0.0499. The van der Waals surface area contributed by atoms with E-state index in [0.717, 1.165) is 5.56 Å². The van der Waals surface area contributed by atoms with Gasteiger partial charge in [-0.2, -0.15) is 0 Å². The van der Waals surface area contributed by atoms with Crippen molar-refractivity contribution in [3.05, 3.63) is 60.2 Å². The van der Waals surface area contributed by atoms with Gasteiger partial charge in [0.05, 0.1) is 6.04 Å². The lowest BCUT2D eigenvalue weighted by molar-refractivity contribution is -0.131. The maximum atomic E-state index is 11.9. The van der Waals surface area contributed by atoms with Gasteiger partial charge in [-0.3, -0.25) is 4.79 Å². The van der Waals surface area contributed by atoms with Crippen molar-refractivity contribution < 1.29 is 4.79 Å². The molecule has 0 bridgehead atoms. The second-order valence-corrected chi connectivity index (χ2v) is 5.21. The summed E-state index contributed by atoms with van der Waals surface area (Å²) < 4.78 is 0. The molecule has 2 aromatic carbocycles. The number of nitrogens with two attached hydrogens (primary N) is 1. The fraction of sp³-hybridized carbons (Fsp3) is 0.278. The van der Waals surface area contributed by atoms with Crippen molar-refractivity contribution in [2.75, 3.05) is 13.6 Å². The molecule has 3 nitrogen and oxygen atoms in total. The maximum absolute atomic E-state index is 11.9. The molecule has 2 N–H and O–H groups in total. The number of amides is 1. The lowest BCUT2D eigenvalue weighted by Gasteiger charge is -2.25. The topological polar surface area (TPSA) is 46.3 Å². The highest BCUT2D eigenvalue weighted by Crippen LogP contribution is 2.24. The Balaban J connectivity index is 2.13. The van der Waals surface area contributed by atoms with Crippen molar-refractivity contribution in [3.8, 4) is 11.1 Å². The molecule has 0 aliphatic heterocycles. The van der Waals surface area contributed by atoms with Crippen LogP contribution in [0.1, 0.15) is 24.9 Å². The van der Waals surface area contributed by atoms with Crippen LogP contribution in [-0.4, -0.2) is 24.4 Å². The standard InChI is InChI=1S/C18H22N2O/c1-14(20(2)18(21)12-13-19)15-8-10-17(11-9-15)16-6-4-3-5-7-16/h3-11,14H,12-13,19H2,1-2H3. The van der Waals surface area contributed by atoms with E-state index >= 15 is 0 Å². The molecule has 21 heavy (non-hydrogen) atoms. The molecule has 0 aromatic heterocycles. The molecule has 1 amide bonds. The highest BCUT2D eigenvalue weighted by Gasteiger charge is 2.16. The first kappa shape index (κ1) is 15.3. The van der Waals surface area contributed by atoms with Crippen LogP contribution < -0.4 is 5.73 Å². The van der Waals surface area contributed by atoms with Crippen LogP contribution in [0.15, 0.2) is 54.6 Å². The molecule has 1 atom stereocenters. The van der Waals surface area contributed by atoms with E-state index in [9.17, 15) is 4.79 Å². The predicted octanol–water partition coefficient (Wildman–Crippen LogP) is 3.22. The number of carbonyl (C=O) groups excluding carboxylic acids is 1. The molecular formula is C18H22N2O. The van der Waals surface area contributed by atoms with Crippen LogP contribution in [0.2, 0.25) is 0 Å². The third kappa shape index (κ3) is 3.70. The summed E-state index contributed by atoms with van der Waals surface area (Å²) in [7, 11) is 1.83. The second-order valence-electron chi connectivity index (χ2n) is 5.21. The van der Waals surface area contributed by atoms with Crippen LogP contribution in [0.4, 0.5) is 0 Å². The molecule has 0 heterocycles. The summed E-state index contributed by atoms with van der Waals surface area (Å²) in [6.45, 7) is 2.43. The molecule has 2 aromatic rings. The zero-order chi connectivity index (χ0) is 15.2. The van der Waals surface area contributed by atoms with Crippen molar-refractivity contribution in [2.45, 2.75) is 19.4 Å². The van der Waals surface area contributed by atoms with Gasteiger partial charge in [-0.05, 0) is 23.6 Å². The van der Waals surface area contributed by atoms with Crippen LogP contribution >= 0.6 is 0 Å². The first-order valence-corrected chi connectivity index (χ1v) is 7.24. The van der Waals surface area contributed by atoms with Gasteiger partial charge in [-0.1, -0.05) is 54.6 Å². The molecule has 3 heteroatoms. The van der Waals surface area contributed by atoms with Crippen LogP contribution in [0, 0.1) is 0 Å². The van der Waals surface area contributed by atoms with Gasteiger partial charge < -0.3 is 10.6 Å². The Morgan fingerprint density at radius 3 is 2.19 bits per heavy atom. The summed E-state index contributed by atoms with van der Waals surface area (Å²) in [5.74, 6) is 0.0807. The SMILES string of the molecule is CC(c1ccc(-c2ccccc2)cc1)N(C)C(=O)CCN. The Hall–Kier alpha value is -2.13. The fourth-order valence-electron chi connectivity index (χ4n) is 2.32. The van der Waals surface area contributed by atoms with Crippen molar-refractivity contribution in [2.24, 2.45) is 5.73 Å². The summed E-state index contributed by atoms with van der Waals surface area (Å²) >= 11 is 0. The fourth-order valence-corrected chi connectivity index (χ4v) is 2.32. The largest absolute Gasteiger partial charge is 0.339 e. The van der Waals surface area contributed by atoms with Gasteiger partial charge in [0, 0.05) is 20.0 Å². The predicted molar refractivity (Wildman–Crippen MR) is 86.7 cm³/mol. The Labute approximate surface area is 126 Å². The van der Waals surface area contributed by atoms with Crippen molar-refractivity contribution in [1.82, 2.24) is 4.90 Å². The Bertz CT molecular complexity index is 578. The normalized spacial score (nSPS) is 12.0. The van der Waals surface area contributed by atoms with Gasteiger partial charge in [-0.25, -0.2) is 0 Å². The van der Waals surface area contributed by atoms with E-state index in [2.05, 4.69) is 36.4 Å². The van der Waals surface area contributed by atoms with Crippen LogP contribution in [-0.2, 0) is 4.79 Å². The monoisotopic (exact) mass is 282 g/mol. The lowest BCUT2D eigenvalue weighted by Crippen LogP contribution is -2.31. The van der Waals surface area contributed by atoms with Crippen molar-refractivity contribution in [1.29, 1.82) is 0 Å². The minimum Gasteiger partial charge on any atom is -0.339 e. The molecular weight excluding hydrogens is 260 g/mol. The number of hydrogen-bond donors (Lipinski definition) is 1. The Morgan fingerprint density at radius 1 is 1.05 bits per heavy atom. The smallest absolute Gasteiger partial charge is 0.224 e. The number of carbonyl (C=O) groups is 1. The van der Waals surface area contributed by atoms with E-state index in [4.69, 9.17) is 5.73 Å². The number of benzene rings is 2. The number of rotatable bonds is 5. The zero-order valence-corrected chi connectivity index (χ0v) is 12.6. The summed E-state index contributed by atoms with van der Waals surface area (Å²) in [5, 5.41) is 0. The Morgan fingerprint density at radius 2 is 1.62 bits per heavy atom. The van der Waals surface area contributed by atoms with E-state index in [1.807, 2.05) is 32.2 Å². The maximum Gasteiger partial charge on any atom is 0.224 e. The highest BCUT2D eigenvalue weighted by molar-refractivity contribution is 5.76. The molecule has 0 saturated heterocycles. The summed E-state index contributed by atoms with van der Waals surface area (Å²) in [4.78, 5) is 13.6. The van der Waals surface area contributed by atoms with E-state index in [1.54, 1.807) is 4.90 Å². The van der Waals surface area contributed by atoms with Gasteiger partial charge in [0.25, 0.3) is 0 Å². The number of hydrogen-bond acceptors (Lipinski definition) is 2. The number of nitrogens with zero attached hydrogens (tertiary/aromatic N) is 1. The molecule has 0 aliphatic carbocycles. The summed E-state index contributed by atoms with van der Waals surface area (Å²) in [6, 6.07) is 18.7.